The Labute approximate surface area is 161 Å². The van der Waals surface area contributed by atoms with Crippen molar-refractivity contribution in [2.45, 2.75) is 62.0 Å². The number of rotatable bonds is 11. The highest BCUT2D eigenvalue weighted by atomic mass is 19.4. The summed E-state index contributed by atoms with van der Waals surface area (Å²) in [5, 5.41) is 0. The quantitative estimate of drug-likeness (QED) is 0.207. The molecule has 0 heterocycles. The number of halogens is 13. The molecule has 0 fully saturated rings. The van der Waals surface area contributed by atoms with Crippen molar-refractivity contribution in [1.82, 2.24) is 4.90 Å². The molecule has 0 bridgehead atoms. The molecule has 15 heteroatoms. The van der Waals surface area contributed by atoms with E-state index in [9.17, 15) is 61.9 Å². The third kappa shape index (κ3) is 4.79. The molecule has 0 aromatic heterocycles. The minimum atomic E-state index is -7.89. The number of carbonyl (C=O) groups is 1. The van der Waals surface area contributed by atoms with Crippen LogP contribution in [0.2, 0.25) is 0 Å². The van der Waals surface area contributed by atoms with E-state index in [0.29, 0.717) is 0 Å². The van der Waals surface area contributed by atoms with Gasteiger partial charge in [-0.25, -0.2) is 0 Å². The molecule has 0 aliphatic rings. The van der Waals surface area contributed by atoms with Crippen LogP contribution in [0.5, 0.6) is 0 Å². The lowest BCUT2D eigenvalue weighted by molar-refractivity contribution is -0.440. The van der Waals surface area contributed by atoms with Crippen LogP contribution >= 0.6 is 0 Å². The SMILES string of the molecule is C=CC(=O)N(CC)CCCCC(F)(F)C(F)(F)C(F)(F)C(F)(F)C(F)(F)C(F)(F)F. The molecule has 178 valence electrons. The molecule has 0 aromatic carbocycles. The van der Waals surface area contributed by atoms with Gasteiger partial charge in [-0.05, 0) is 25.8 Å². The summed E-state index contributed by atoms with van der Waals surface area (Å²) >= 11 is 0. The number of likely N-dealkylation sites (N-methyl/N-ethyl adjacent to an activating group) is 1. The van der Waals surface area contributed by atoms with Gasteiger partial charge in [-0.3, -0.25) is 4.79 Å². The van der Waals surface area contributed by atoms with Gasteiger partial charge in [0.05, 0.1) is 0 Å². The van der Waals surface area contributed by atoms with Crippen LogP contribution in [-0.2, 0) is 4.79 Å². The number of nitrogens with zero attached hydrogens (tertiary/aromatic N) is 1. The smallest absolute Gasteiger partial charge is 0.339 e. The van der Waals surface area contributed by atoms with E-state index in [2.05, 4.69) is 6.58 Å². The number of hydrogen-bond acceptors (Lipinski definition) is 1. The van der Waals surface area contributed by atoms with Crippen molar-refractivity contribution in [3.63, 3.8) is 0 Å². The zero-order chi connectivity index (χ0) is 24.4. The number of alkyl halides is 13. The van der Waals surface area contributed by atoms with Crippen LogP contribution in [0.25, 0.3) is 0 Å². The minimum Gasteiger partial charge on any atom is -0.339 e. The molecule has 1 amide bonds. The van der Waals surface area contributed by atoms with Crippen molar-refractivity contribution in [2.24, 2.45) is 0 Å². The molecule has 0 saturated carbocycles. The number of hydrogen-bond donors (Lipinski definition) is 0. The van der Waals surface area contributed by atoms with Crippen LogP contribution in [-0.4, -0.2) is 59.7 Å². The van der Waals surface area contributed by atoms with E-state index < -0.39 is 61.0 Å². The second kappa shape index (κ2) is 8.81. The topological polar surface area (TPSA) is 20.3 Å². The molecular formula is C15H16F13NO. The Bertz CT molecular complexity index is 612. The fourth-order valence-electron chi connectivity index (χ4n) is 2.16. The molecule has 0 N–H and O–H groups in total. The van der Waals surface area contributed by atoms with Gasteiger partial charge < -0.3 is 4.90 Å². The standard InChI is InChI=1S/C15H16F13NO/c1-3-9(30)29(4-2)8-6-5-7-10(16,17)11(18,19)12(20,21)13(22,23)14(24,25)15(26,27)28/h3H,1,4-8H2,2H3. The lowest BCUT2D eigenvalue weighted by Crippen LogP contribution is -2.70. The summed E-state index contributed by atoms with van der Waals surface area (Å²) in [7, 11) is 0. The third-order valence-electron chi connectivity index (χ3n) is 4.04. The molecule has 0 rings (SSSR count). The Morgan fingerprint density at radius 1 is 0.767 bits per heavy atom. The van der Waals surface area contributed by atoms with Crippen LogP contribution in [0, 0.1) is 0 Å². The van der Waals surface area contributed by atoms with E-state index in [-0.39, 0.29) is 13.1 Å². The van der Waals surface area contributed by atoms with Crippen molar-refractivity contribution in [3.8, 4) is 0 Å². The lowest BCUT2D eigenvalue weighted by Gasteiger charge is -2.39. The number of unbranched alkanes of at least 4 members (excludes halogenated alkanes) is 1. The summed E-state index contributed by atoms with van der Waals surface area (Å²) in [6.45, 7) is 4.18. The van der Waals surface area contributed by atoms with E-state index in [1.165, 1.54) is 6.92 Å². The second-order valence-electron chi connectivity index (χ2n) is 6.08. The van der Waals surface area contributed by atoms with Crippen LogP contribution in [0.3, 0.4) is 0 Å². The monoisotopic (exact) mass is 473 g/mol. The molecule has 0 aliphatic carbocycles. The van der Waals surface area contributed by atoms with Gasteiger partial charge in [-0.15, -0.1) is 0 Å². The molecule has 0 saturated heterocycles. The molecule has 0 radical (unpaired) electrons. The normalized spacial score (nSPS) is 14.6. The Morgan fingerprint density at radius 2 is 1.20 bits per heavy atom. The molecule has 0 aliphatic heterocycles. The Morgan fingerprint density at radius 3 is 1.57 bits per heavy atom. The summed E-state index contributed by atoms with van der Waals surface area (Å²) in [4.78, 5) is 12.3. The molecule has 0 unspecified atom stereocenters. The molecule has 2 nitrogen and oxygen atoms in total. The number of amides is 1. The first-order chi connectivity index (χ1) is 13.2. The van der Waals surface area contributed by atoms with Crippen molar-refractivity contribution in [2.75, 3.05) is 13.1 Å². The minimum absolute atomic E-state index is 0.00816. The average Bonchev–Trinajstić information content (AvgIpc) is 2.59. The first-order valence-electron chi connectivity index (χ1n) is 8.02. The fraction of sp³-hybridized carbons (Fsp3) is 0.800. The zero-order valence-electron chi connectivity index (χ0n) is 15.1. The van der Waals surface area contributed by atoms with E-state index in [0.717, 1.165) is 11.0 Å². The van der Waals surface area contributed by atoms with Crippen LogP contribution in [0.4, 0.5) is 57.1 Å². The van der Waals surface area contributed by atoms with Gasteiger partial charge in [0.1, 0.15) is 0 Å². The second-order valence-corrected chi connectivity index (χ2v) is 6.08. The van der Waals surface area contributed by atoms with Crippen molar-refractivity contribution in [1.29, 1.82) is 0 Å². The highest BCUT2D eigenvalue weighted by molar-refractivity contribution is 5.86. The molecule has 0 aromatic rings. The van der Waals surface area contributed by atoms with Crippen molar-refractivity contribution in [3.05, 3.63) is 12.7 Å². The highest BCUT2D eigenvalue weighted by Crippen LogP contribution is 2.60. The van der Waals surface area contributed by atoms with E-state index in [1.807, 2.05) is 0 Å². The Kier molecular flexibility index (Phi) is 8.31. The van der Waals surface area contributed by atoms with Gasteiger partial charge in [0.25, 0.3) is 0 Å². The Balaban J connectivity index is 5.56. The van der Waals surface area contributed by atoms with Gasteiger partial charge >= 0.3 is 35.8 Å². The van der Waals surface area contributed by atoms with E-state index in [1.54, 1.807) is 0 Å². The molecule has 0 spiro atoms. The molecule has 30 heavy (non-hydrogen) atoms. The zero-order valence-corrected chi connectivity index (χ0v) is 15.1. The molecular weight excluding hydrogens is 457 g/mol. The van der Waals surface area contributed by atoms with Crippen molar-refractivity contribution < 1.29 is 61.9 Å². The van der Waals surface area contributed by atoms with E-state index in [4.69, 9.17) is 0 Å². The predicted octanol–water partition coefficient (Wildman–Crippen LogP) is 5.93. The lowest BCUT2D eigenvalue weighted by atomic mass is 9.91. The fourth-order valence-corrected chi connectivity index (χ4v) is 2.16. The summed E-state index contributed by atoms with van der Waals surface area (Å²) in [6.07, 6.45) is -10.5. The summed E-state index contributed by atoms with van der Waals surface area (Å²) in [5.41, 5.74) is 0. The summed E-state index contributed by atoms with van der Waals surface area (Å²) < 4.78 is 168. The van der Waals surface area contributed by atoms with Gasteiger partial charge in [-0.1, -0.05) is 6.58 Å². The first kappa shape index (κ1) is 28.3. The number of carbonyl (C=O) groups excluding carboxylic acids is 1. The largest absolute Gasteiger partial charge is 0.460 e. The average molecular weight is 473 g/mol. The highest BCUT2D eigenvalue weighted by Gasteiger charge is 2.90. The van der Waals surface area contributed by atoms with Crippen molar-refractivity contribution >= 4 is 5.91 Å². The maximum Gasteiger partial charge on any atom is 0.460 e. The maximum atomic E-state index is 13.6. The van der Waals surface area contributed by atoms with Gasteiger partial charge in [0, 0.05) is 19.5 Å². The maximum absolute atomic E-state index is 13.6. The molecule has 0 atom stereocenters. The first-order valence-corrected chi connectivity index (χ1v) is 8.02. The Hall–Kier alpha value is -1.70. The van der Waals surface area contributed by atoms with Crippen LogP contribution in [0.15, 0.2) is 12.7 Å². The third-order valence-corrected chi connectivity index (χ3v) is 4.04. The predicted molar refractivity (Wildman–Crippen MR) is 77.1 cm³/mol. The van der Waals surface area contributed by atoms with Gasteiger partial charge in [-0.2, -0.15) is 57.1 Å². The van der Waals surface area contributed by atoms with Gasteiger partial charge in [0.15, 0.2) is 0 Å². The van der Waals surface area contributed by atoms with Gasteiger partial charge in [0.2, 0.25) is 5.91 Å². The van der Waals surface area contributed by atoms with Crippen LogP contribution < -0.4 is 0 Å². The summed E-state index contributed by atoms with van der Waals surface area (Å²) in [6, 6.07) is 0. The summed E-state index contributed by atoms with van der Waals surface area (Å²) in [5.74, 6) is -37.4. The van der Waals surface area contributed by atoms with E-state index >= 15 is 0 Å². The van der Waals surface area contributed by atoms with Crippen LogP contribution in [0.1, 0.15) is 26.2 Å².